The molecule has 0 radical (unpaired) electrons. The molecule has 0 aliphatic carbocycles. The first-order valence-corrected chi connectivity index (χ1v) is 6.69. The van der Waals surface area contributed by atoms with Crippen molar-refractivity contribution in [2.75, 3.05) is 0 Å². The van der Waals surface area contributed by atoms with Gasteiger partial charge in [-0.3, -0.25) is 9.67 Å². The molecule has 1 aromatic carbocycles. The predicted octanol–water partition coefficient (Wildman–Crippen LogP) is 2.63. The van der Waals surface area contributed by atoms with Crippen molar-refractivity contribution in [3.8, 4) is 0 Å². The van der Waals surface area contributed by atoms with Crippen LogP contribution in [0.2, 0.25) is 0 Å². The molecule has 0 saturated carbocycles. The highest BCUT2D eigenvalue weighted by atomic mass is 15.3. The zero-order valence-corrected chi connectivity index (χ0v) is 12.0. The molecular weight excluding hydrogens is 248 g/mol. The van der Waals surface area contributed by atoms with E-state index in [-0.39, 0.29) is 6.04 Å². The minimum atomic E-state index is -0.184. The Bertz CT molecular complexity index is 768. The third-order valence-corrected chi connectivity index (χ3v) is 3.89. The lowest BCUT2D eigenvalue weighted by molar-refractivity contribution is 0.728. The van der Waals surface area contributed by atoms with Crippen molar-refractivity contribution in [2.24, 2.45) is 12.8 Å². The third kappa shape index (κ3) is 1.89. The standard InChI is InChI=1S/C16H18N4/c1-10-15(11(2)20(3)19-10)16(17)13-6-4-8-14-12(13)7-5-9-18-14/h4-9,16H,17H2,1-3H3. The molecule has 3 rings (SSSR count). The summed E-state index contributed by atoms with van der Waals surface area (Å²) in [4.78, 5) is 4.39. The van der Waals surface area contributed by atoms with Crippen LogP contribution in [-0.2, 0) is 7.05 Å². The largest absolute Gasteiger partial charge is 0.320 e. The monoisotopic (exact) mass is 266 g/mol. The molecule has 0 spiro atoms. The summed E-state index contributed by atoms with van der Waals surface area (Å²) in [6.07, 6.45) is 1.80. The van der Waals surface area contributed by atoms with Crippen LogP contribution >= 0.6 is 0 Å². The lowest BCUT2D eigenvalue weighted by Gasteiger charge is -2.15. The summed E-state index contributed by atoms with van der Waals surface area (Å²) in [5, 5.41) is 5.56. The van der Waals surface area contributed by atoms with E-state index in [0.717, 1.165) is 33.4 Å². The van der Waals surface area contributed by atoms with E-state index in [0.29, 0.717) is 0 Å². The fourth-order valence-electron chi connectivity index (χ4n) is 2.79. The first kappa shape index (κ1) is 12.8. The van der Waals surface area contributed by atoms with E-state index < -0.39 is 0 Å². The van der Waals surface area contributed by atoms with Crippen LogP contribution in [0, 0.1) is 13.8 Å². The van der Waals surface area contributed by atoms with Gasteiger partial charge in [0.05, 0.1) is 17.3 Å². The molecule has 0 fully saturated rings. The molecule has 102 valence electrons. The highest BCUT2D eigenvalue weighted by Crippen LogP contribution is 2.29. The van der Waals surface area contributed by atoms with Crippen LogP contribution < -0.4 is 5.73 Å². The number of fused-ring (bicyclic) bond motifs is 1. The maximum atomic E-state index is 6.52. The second kappa shape index (κ2) is 4.72. The zero-order valence-electron chi connectivity index (χ0n) is 12.0. The molecule has 2 N–H and O–H groups in total. The topological polar surface area (TPSA) is 56.7 Å². The number of hydrogen-bond donors (Lipinski definition) is 1. The second-order valence-corrected chi connectivity index (χ2v) is 5.10. The predicted molar refractivity (Wildman–Crippen MR) is 80.5 cm³/mol. The molecule has 20 heavy (non-hydrogen) atoms. The fourth-order valence-corrected chi connectivity index (χ4v) is 2.79. The molecule has 3 aromatic rings. The maximum Gasteiger partial charge on any atom is 0.0705 e. The van der Waals surface area contributed by atoms with Crippen LogP contribution in [0.4, 0.5) is 0 Å². The first-order valence-electron chi connectivity index (χ1n) is 6.69. The second-order valence-electron chi connectivity index (χ2n) is 5.10. The van der Waals surface area contributed by atoms with Gasteiger partial charge in [0.25, 0.3) is 0 Å². The van der Waals surface area contributed by atoms with Crippen LogP contribution in [0.1, 0.15) is 28.6 Å². The smallest absolute Gasteiger partial charge is 0.0705 e. The molecule has 1 atom stereocenters. The molecule has 0 aliphatic rings. The summed E-state index contributed by atoms with van der Waals surface area (Å²) in [7, 11) is 1.95. The summed E-state index contributed by atoms with van der Waals surface area (Å²) in [6.45, 7) is 4.06. The van der Waals surface area contributed by atoms with Gasteiger partial charge in [-0.25, -0.2) is 0 Å². The lowest BCUT2D eigenvalue weighted by atomic mass is 9.94. The number of benzene rings is 1. The van der Waals surface area contributed by atoms with Crippen LogP contribution in [0.5, 0.6) is 0 Å². The van der Waals surface area contributed by atoms with Crippen molar-refractivity contribution < 1.29 is 0 Å². The average molecular weight is 266 g/mol. The molecule has 4 nitrogen and oxygen atoms in total. The van der Waals surface area contributed by atoms with E-state index in [4.69, 9.17) is 5.73 Å². The minimum absolute atomic E-state index is 0.184. The Morgan fingerprint density at radius 1 is 1.15 bits per heavy atom. The highest BCUT2D eigenvalue weighted by Gasteiger charge is 2.19. The Kier molecular flexibility index (Phi) is 3.03. The van der Waals surface area contributed by atoms with Gasteiger partial charge in [0.15, 0.2) is 0 Å². The number of rotatable bonds is 2. The van der Waals surface area contributed by atoms with E-state index in [9.17, 15) is 0 Å². The first-order chi connectivity index (χ1) is 9.59. The molecule has 4 heteroatoms. The van der Waals surface area contributed by atoms with Gasteiger partial charge in [0.2, 0.25) is 0 Å². The van der Waals surface area contributed by atoms with Gasteiger partial charge < -0.3 is 5.73 Å². The molecule has 0 amide bonds. The van der Waals surface area contributed by atoms with Crippen LogP contribution in [0.3, 0.4) is 0 Å². The van der Waals surface area contributed by atoms with Gasteiger partial charge in [0.1, 0.15) is 0 Å². The number of aryl methyl sites for hydroxylation is 2. The molecule has 1 unspecified atom stereocenters. The summed E-state index contributed by atoms with van der Waals surface area (Å²) in [5.41, 5.74) is 11.8. The normalized spacial score (nSPS) is 12.8. The quantitative estimate of drug-likeness (QED) is 0.775. The van der Waals surface area contributed by atoms with E-state index >= 15 is 0 Å². The number of aromatic nitrogens is 3. The van der Waals surface area contributed by atoms with Crippen molar-refractivity contribution in [3.63, 3.8) is 0 Å². The lowest BCUT2D eigenvalue weighted by Crippen LogP contribution is -2.14. The van der Waals surface area contributed by atoms with Crippen molar-refractivity contribution in [1.82, 2.24) is 14.8 Å². The van der Waals surface area contributed by atoms with E-state index in [2.05, 4.69) is 29.1 Å². The number of pyridine rings is 1. The SMILES string of the molecule is Cc1nn(C)c(C)c1C(N)c1cccc2ncccc12. The Morgan fingerprint density at radius 3 is 2.65 bits per heavy atom. The van der Waals surface area contributed by atoms with Gasteiger partial charge in [-0.2, -0.15) is 5.10 Å². The third-order valence-electron chi connectivity index (χ3n) is 3.89. The van der Waals surface area contributed by atoms with Crippen molar-refractivity contribution in [3.05, 3.63) is 59.0 Å². The van der Waals surface area contributed by atoms with Crippen molar-refractivity contribution in [1.29, 1.82) is 0 Å². The zero-order chi connectivity index (χ0) is 14.3. The van der Waals surface area contributed by atoms with Crippen molar-refractivity contribution in [2.45, 2.75) is 19.9 Å². The Balaban J connectivity index is 2.20. The summed E-state index contributed by atoms with van der Waals surface area (Å²) < 4.78 is 1.88. The fraction of sp³-hybridized carbons (Fsp3) is 0.250. The molecular formula is C16H18N4. The van der Waals surface area contributed by atoms with Crippen molar-refractivity contribution >= 4 is 10.9 Å². The summed E-state index contributed by atoms with van der Waals surface area (Å²) >= 11 is 0. The Morgan fingerprint density at radius 2 is 1.95 bits per heavy atom. The van der Waals surface area contributed by atoms with Gasteiger partial charge in [0, 0.05) is 29.9 Å². The molecule has 2 aromatic heterocycles. The van der Waals surface area contributed by atoms with Gasteiger partial charge >= 0.3 is 0 Å². The maximum absolute atomic E-state index is 6.52. The molecule has 2 heterocycles. The van der Waals surface area contributed by atoms with E-state index in [1.807, 2.05) is 36.9 Å². The summed E-state index contributed by atoms with van der Waals surface area (Å²) in [5.74, 6) is 0. The van der Waals surface area contributed by atoms with E-state index in [1.54, 1.807) is 6.20 Å². The van der Waals surface area contributed by atoms with Crippen LogP contribution in [0.25, 0.3) is 10.9 Å². The average Bonchev–Trinajstić information content (AvgIpc) is 2.71. The number of nitrogens with zero attached hydrogens (tertiary/aromatic N) is 3. The van der Waals surface area contributed by atoms with Gasteiger partial charge in [-0.1, -0.05) is 18.2 Å². The summed E-state index contributed by atoms with van der Waals surface area (Å²) in [6, 6.07) is 9.91. The van der Waals surface area contributed by atoms with Gasteiger partial charge in [-0.05, 0) is 31.5 Å². The highest BCUT2D eigenvalue weighted by molar-refractivity contribution is 5.83. The van der Waals surface area contributed by atoms with Crippen LogP contribution in [-0.4, -0.2) is 14.8 Å². The molecule has 0 bridgehead atoms. The number of hydrogen-bond acceptors (Lipinski definition) is 3. The van der Waals surface area contributed by atoms with E-state index in [1.165, 1.54) is 0 Å². The van der Waals surface area contributed by atoms with Crippen LogP contribution in [0.15, 0.2) is 36.5 Å². The molecule has 0 aliphatic heterocycles. The number of nitrogens with two attached hydrogens (primary N) is 1. The molecule has 0 saturated heterocycles. The van der Waals surface area contributed by atoms with Gasteiger partial charge in [-0.15, -0.1) is 0 Å². The minimum Gasteiger partial charge on any atom is -0.320 e. The Hall–Kier alpha value is -2.20. The Labute approximate surface area is 118 Å².